The monoisotopic (exact) mass is 471 g/mol. The summed E-state index contributed by atoms with van der Waals surface area (Å²) in [7, 11) is 1.42. The van der Waals surface area contributed by atoms with Gasteiger partial charge in [0.1, 0.15) is 17.2 Å². The summed E-state index contributed by atoms with van der Waals surface area (Å²) in [4.78, 5) is 25.9. The lowest BCUT2D eigenvalue weighted by Crippen LogP contribution is -2.51. The average molecular weight is 472 g/mol. The Hall–Kier alpha value is -2.98. The number of ether oxygens (including phenoxy) is 2. The zero-order valence-electron chi connectivity index (χ0n) is 19.1. The molecule has 34 heavy (non-hydrogen) atoms. The van der Waals surface area contributed by atoms with Crippen LogP contribution in [0.25, 0.3) is 0 Å². The molecule has 182 valence electrons. The van der Waals surface area contributed by atoms with Gasteiger partial charge >= 0.3 is 0 Å². The lowest BCUT2D eigenvalue weighted by Gasteiger charge is -2.33. The van der Waals surface area contributed by atoms with E-state index in [-0.39, 0.29) is 51.6 Å². The molecule has 0 bridgehead atoms. The minimum Gasteiger partial charge on any atom is -0.507 e. The number of aliphatic hydroxyl groups is 2. The van der Waals surface area contributed by atoms with Crippen molar-refractivity contribution in [2.24, 2.45) is 5.73 Å². The SMILES string of the molecule is CC1OC(O)CC(N)C1O.COc1cccc2c1C(=O)c1c(O)c3c(c(O)c1C2=O)CCCC3. The van der Waals surface area contributed by atoms with E-state index in [4.69, 9.17) is 20.3 Å². The van der Waals surface area contributed by atoms with Gasteiger partial charge in [-0.1, -0.05) is 12.1 Å². The molecule has 2 aromatic rings. The largest absolute Gasteiger partial charge is 0.507 e. The third-order valence-electron chi connectivity index (χ3n) is 6.70. The van der Waals surface area contributed by atoms with E-state index < -0.39 is 24.0 Å². The van der Waals surface area contributed by atoms with Crippen LogP contribution in [0.15, 0.2) is 18.2 Å². The molecule has 0 aromatic heterocycles. The van der Waals surface area contributed by atoms with Gasteiger partial charge in [0, 0.05) is 29.2 Å². The van der Waals surface area contributed by atoms with Crippen LogP contribution >= 0.6 is 0 Å². The summed E-state index contributed by atoms with van der Waals surface area (Å²) in [6, 6.07) is 4.41. The van der Waals surface area contributed by atoms with Crippen LogP contribution in [0.2, 0.25) is 0 Å². The van der Waals surface area contributed by atoms with Crippen LogP contribution in [-0.2, 0) is 17.6 Å². The number of nitrogens with two attached hydrogens (primary N) is 1. The zero-order valence-corrected chi connectivity index (χ0v) is 19.1. The highest BCUT2D eigenvalue weighted by Crippen LogP contribution is 2.46. The molecule has 3 aliphatic rings. The first-order valence-electron chi connectivity index (χ1n) is 11.3. The lowest BCUT2D eigenvalue weighted by molar-refractivity contribution is -0.198. The maximum absolute atomic E-state index is 13.0. The molecule has 9 heteroatoms. The van der Waals surface area contributed by atoms with Gasteiger partial charge < -0.3 is 35.6 Å². The van der Waals surface area contributed by atoms with Crippen molar-refractivity contribution < 1.29 is 39.5 Å². The predicted molar refractivity (Wildman–Crippen MR) is 121 cm³/mol. The van der Waals surface area contributed by atoms with Crippen LogP contribution in [0.5, 0.6) is 17.2 Å². The number of carbonyl (C=O) groups is 2. The topological polar surface area (TPSA) is 160 Å². The zero-order chi connectivity index (χ0) is 24.7. The van der Waals surface area contributed by atoms with E-state index in [0.717, 1.165) is 12.8 Å². The van der Waals surface area contributed by atoms with E-state index >= 15 is 0 Å². The summed E-state index contributed by atoms with van der Waals surface area (Å²) in [6.45, 7) is 1.69. The van der Waals surface area contributed by atoms with E-state index in [1.165, 1.54) is 13.2 Å². The number of methoxy groups -OCH3 is 1. The number of ketones is 2. The Morgan fingerprint density at radius 1 is 0.971 bits per heavy atom. The van der Waals surface area contributed by atoms with Gasteiger partial charge in [-0.3, -0.25) is 9.59 Å². The molecule has 0 spiro atoms. The van der Waals surface area contributed by atoms with Crippen LogP contribution in [0, 0.1) is 0 Å². The molecule has 0 saturated carbocycles. The number of aliphatic hydroxyl groups excluding tert-OH is 2. The van der Waals surface area contributed by atoms with Gasteiger partial charge in [-0.25, -0.2) is 0 Å². The molecule has 4 unspecified atom stereocenters. The van der Waals surface area contributed by atoms with Crippen LogP contribution in [0.1, 0.15) is 69.2 Å². The second kappa shape index (κ2) is 9.34. The molecule has 0 amide bonds. The second-order valence-corrected chi connectivity index (χ2v) is 8.84. The van der Waals surface area contributed by atoms with Gasteiger partial charge in [-0.05, 0) is 38.7 Å². The lowest BCUT2D eigenvalue weighted by atomic mass is 9.77. The Labute approximate surface area is 196 Å². The van der Waals surface area contributed by atoms with Gasteiger partial charge in [0.2, 0.25) is 5.78 Å². The van der Waals surface area contributed by atoms with E-state index in [1.54, 1.807) is 19.1 Å². The van der Waals surface area contributed by atoms with Crippen molar-refractivity contribution in [3.63, 3.8) is 0 Å². The summed E-state index contributed by atoms with van der Waals surface area (Å²) in [5, 5.41) is 39.4. The van der Waals surface area contributed by atoms with Gasteiger partial charge in [0.05, 0.1) is 36.0 Å². The van der Waals surface area contributed by atoms with E-state index in [9.17, 15) is 24.9 Å². The minimum atomic E-state index is -0.812. The van der Waals surface area contributed by atoms with Crippen molar-refractivity contribution >= 4 is 11.6 Å². The maximum atomic E-state index is 13.0. The first-order valence-corrected chi connectivity index (χ1v) is 11.3. The summed E-state index contributed by atoms with van der Waals surface area (Å²) in [5.41, 5.74) is 6.79. The number of carbonyl (C=O) groups excluding carboxylic acids is 2. The molecule has 1 fully saturated rings. The standard InChI is InChI=1S/C19H16O5.C6H13NO3/c1-24-12-8-4-7-11-13(12)19(23)15-14(18(11)22)16(20)9-5-2-3-6-10(9)17(15)21;1-3-6(9)4(7)2-5(8)10-3/h4,7-8,20-21H,2-3,5-6H2,1H3;3-6,8-9H,2,7H2,1H3. The van der Waals surface area contributed by atoms with E-state index in [2.05, 4.69) is 0 Å². The summed E-state index contributed by atoms with van der Waals surface area (Å²) >= 11 is 0. The highest BCUT2D eigenvalue weighted by atomic mass is 16.6. The number of fused-ring (bicyclic) bond motifs is 3. The Morgan fingerprint density at radius 3 is 2.12 bits per heavy atom. The first kappa shape index (κ1) is 24.2. The maximum Gasteiger partial charge on any atom is 0.202 e. The molecular formula is C25H29NO8. The fourth-order valence-corrected chi connectivity index (χ4v) is 4.90. The van der Waals surface area contributed by atoms with Gasteiger partial charge in [0.15, 0.2) is 12.1 Å². The fourth-order valence-electron chi connectivity index (χ4n) is 4.90. The van der Waals surface area contributed by atoms with Crippen molar-refractivity contribution in [3.05, 3.63) is 51.6 Å². The summed E-state index contributed by atoms with van der Waals surface area (Å²) in [5.74, 6) is -0.997. The van der Waals surface area contributed by atoms with Crippen LogP contribution in [-0.4, -0.2) is 63.6 Å². The van der Waals surface area contributed by atoms with Gasteiger partial charge in [0.25, 0.3) is 0 Å². The molecule has 1 aliphatic heterocycles. The predicted octanol–water partition coefficient (Wildman–Crippen LogP) is 1.56. The highest BCUT2D eigenvalue weighted by molar-refractivity contribution is 6.31. The van der Waals surface area contributed by atoms with Crippen molar-refractivity contribution in [2.75, 3.05) is 7.11 Å². The average Bonchev–Trinajstić information content (AvgIpc) is 2.83. The number of rotatable bonds is 1. The molecule has 6 N–H and O–H groups in total. The molecular weight excluding hydrogens is 442 g/mol. The molecule has 1 saturated heterocycles. The normalized spacial score (nSPS) is 25.4. The molecule has 1 heterocycles. The highest BCUT2D eigenvalue weighted by Gasteiger charge is 2.39. The fraction of sp³-hybridized carbons (Fsp3) is 0.440. The molecule has 2 aliphatic carbocycles. The van der Waals surface area contributed by atoms with Crippen LogP contribution in [0.3, 0.4) is 0 Å². The Kier molecular flexibility index (Phi) is 6.64. The van der Waals surface area contributed by atoms with Crippen LogP contribution in [0.4, 0.5) is 0 Å². The van der Waals surface area contributed by atoms with Crippen molar-refractivity contribution in [2.45, 2.75) is 63.6 Å². The number of hydrogen-bond donors (Lipinski definition) is 5. The van der Waals surface area contributed by atoms with E-state index in [1.807, 2.05) is 0 Å². The van der Waals surface area contributed by atoms with Gasteiger partial charge in [-0.2, -0.15) is 0 Å². The molecule has 2 aromatic carbocycles. The van der Waals surface area contributed by atoms with Gasteiger partial charge in [-0.15, -0.1) is 0 Å². The number of benzene rings is 2. The Morgan fingerprint density at radius 2 is 1.56 bits per heavy atom. The Balaban J connectivity index is 0.000000231. The smallest absolute Gasteiger partial charge is 0.202 e. The molecule has 4 atom stereocenters. The number of phenols is 2. The molecule has 0 radical (unpaired) electrons. The third kappa shape index (κ3) is 3.94. The van der Waals surface area contributed by atoms with Crippen LogP contribution < -0.4 is 10.5 Å². The molecule has 5 rings (SSSR count). The Bertz CT molecular complexity index is 1130. The first-order chi connectivity index (χ1) is 16.2. The summed E-state index contributed by atoms with van der Waals surface area (Å²) in [6.07, 6.45) is 1.42. The van der Waals surface area contributed by atoms with Crippen molar-refractivity contribution in [3.8, 4) is 17.2 Å². The minimum absolute atomic E-state index is 0.0843. The summed E-state index contributed by atoms with van der Waals surface area (Å²) < 4.78 is 10.1. The third-order valence-corrected chi connectivity index (χ3v) is 6.70. The quantitative estimate of drug-likeness (QED) is 0.332. The number of phenolic OH excluding ortho intramolecular Hbond substituents is 2. The second-order valence-electron chi connectivity index (χ2n) is 8.84. The number of hydrogen-bond acceptors (Lipinski definition) is 9. The van der Waals surface area contributed by atoms with E-state index in [0.29, 0.717) is 30.4 Å². The number of aromatic hydroxyl groups is 2. The van der Waals surface area contributed by atoms with Crippen molar-refractivity contribution in [1.82, 2.24) is 0 Å². The van der Waals surface area contributed by atoms with Crippen molar-refractivity contribution in [1.29, 1.82) is 0 Å². The molecule has 9 nitrogen and oxygen atoms in total.